The van der Waals surface area contributed by atoms with Gasteiger partial charge in [-0.1, -0.05) is 41.4 Å². The van der Waals surface area contributed by atoms with Crippen LogP contribution >= 0.6 is 23.2 Å². The molecule has 2 rings (SSSR count). The Morgan fingerprint density at radius 2 is 1.63 bits per heavy atom. The van der Waals surface area contributed by atoms with Gasteiger partial charge in [-0.05, 0) is 52.0 Å². The van der Waals surface area contributed by atoms with Crippen molar-refractivity contribution >= 4 is 50.7 Å². The number of halogens is 2. The summed E-state index contributed by atoms with van der Waals surface area (Å²) in [7, 11) is -3.89. The van der Waals surface area contributed by atoms with E-state index in [1.165, 1.54) is 4.90 Å². The minimum absolute atomic E-state index is 0.0886. The van der Waals surface area contributed by atoms with Gasteiger partial charge in [0, 0.05) is 28.2 Å². The minimum atomic E-state index is -3.89. The summed E-state index contributed by atoms with van der Waals surface area (Å²) in [5, 5.41) is 3.44. The van der Waals surface area contributed by atoms with E-state index in [0.29, 0.717) is 28.0 Å². The highest BCUT2D eigenvalue weighted by atomic mass is 35.5. The average Bonchev–Trinajstić information content (AvgIpc) is 2.76. The van der Waals surface area contributed by atoms with E-state index >= 15 is 0 Å². The third kappa shape index (κ3) is 7.75. The van der Waals surface area contributed by atoms with Crippen molar-refractivity contribution in [3.63, 3.8) is 0 Å². The molecule has 0 aliphatic rings. The highest BCUT2D eigenvalue weighted by molar-refractivity contribution is 7.92. The van der Waals surface area contributed by atoms with E-state index in [4.69, 9.17) is 27.9 Å². The topological polar surface area (TPSA) is 96.0 Å². The van der Waals surface area contributed by atoms with Crippen molar-refractivity contribution in [2.24, 2.45) is 0 Å². The molecule has 2 aromatic rings. The van der Waals surface area contributed by atoms with Gasteiger partial charge in [0.05, 0.1) is 18.6 Å². The van der Waals surface area contributed by atoms with Crippen LogP contribution in [0.1, 0.15) is 33.3 Å². The molecule has 0 aliphatic carbocycles. The van der Waals surface area contributed by atoms with Crippen molar-refractivity contribution in [2.45, 2.75) is 46.3 Å². The van der Waals surface area contributed by atoms with E-state index < -0.39 is 34.4 Å². The van der Waals surface area contributed by atoms with E-state index in [2.05, 4.69) is 5.32 Å². The maximum Gasteiger partial charge on any atom is 0.244 e. The number of hydrogen-bond donors (Lipinski definition) is 1. The molecule has 0 saturated heterocycles. The van der Waals surface area contributed by atoms with Crippen LogP contribution in [-0.2, 0) is 26.2 Å². The first kappa shape index (κ1) is 28.7. The molecule has 0 aliphatic heterocycles. The molecular formula is C24H31Cl2N3O5S. The van der Waals surface area contributed by atoms with Gasteiger partial charge in [0.15, 0.2) is 0 Å². The van der Waals surface area contributed by atoms with Crippen molar-refractivity contribution in [2.75, 3.05) is 23.7 Å². The molecule has 0 bridgehead atoms. The molecule has 35 heavy (non-hydrogen) atoms. The third-order valence-corrected chi connectivity index (χ3v) is 6.94. The first-order valence-corrected chi connectivity index (χ1v) is 13.7. The van der Waals surface area contributed by atoms with Crippen molar-refractivity contribution in [1.82, 2.24) is 10.2 Å². The summed E-state index contributed by atoms with van der Waals surface area (Å²) in [4.78, 5) is 27.7. The number of hydrogen-bond acceptors (Lipinski definition) is 5. The number of ether oxygens (including phenoxy) is 1. The highest BCUT2D eigenvalue weighted by Gasteiger charge is 2.32. The fourth-order valence-corrected chi connectivity index (χ4v) is 4.75. The van der Waals surface area contributed by atoms with Gasteiger partial charge in [-0.25, -0.2) is 8.42 Å². The third-order valence-electron chi connectivity index (χ3n) is 5.10. The lowest BCUT2D eigenvalue weighted by atomic mass is 10.1. The molecule has 0 saturated carbocycles. The van der Waals surface area contributed by atoms with Crippen molar-refractivity contribution in [3.8, 4) is 5.75 Å². The van der Waals surface area contributed by atoms with Crippen molar-refractivity contribution in [3.05, 3.63) is 58.1 Å². The number of para-hydroxylation sites is 2. The number of nitrogens with zero attached hydrogens (tertiary/aromatic N) is 2. The molecule has 1 unspecified atom stereocenters. The lowest BCUT2D eigenvalue weighted by Crippen LogP contribution is -2.52. The van der Waals surface area contributed by atoms with E-state index in [9.17, 15) is 18.0 Å². The molecule has 0 aromatic heterocycles. The average molecular weight is 545 g/mol. The van der Waals surface area contributed by atoms with Gasteiger partial charge in [-0.15, -0.1) is 0 Å². The monoisotopic (exact) mass is 543 g/mol. The summed E-state index contributed by atoms with van der Waals surface area (Å²) >= 11 is 12.7. The van der Waals surface area contributed by atoms with Crippen LogP contribution in [0.3, 0.4) is 0 Å². The van der Waals surface area contributed by atoms with Crippen LogP contribution in [-0.4, -0.2) is 56.6 Å². The van der Waals surface area contributed by atoms with Crippen molar-refractivity contribution < 1.29 is 22.7 Å². The molecule has 2 aromatic carbocycles. The molecule has 1 atom stereocenters. The van der Waals surface area contributed by atoms with Gasteiger partial charge in [-0.3, -0.25) is 13.9 Å². The molecule has 11 heteroatoms. The van der Waals surface area contributed by atoms with Crippen LogP contribution in [0.5, 0.6) is 5.75 Å². The normalized spacial score (nSPS) is 12.2. The number of sulfonamides is 1. The van der Waals surface area contributed by atoms with E-state index in [-0.39, 0.29) is 18.3 Å². The largest absolute Gasteiger partial charge is 0.492 e. The molecule has 0 radical (unpaired) electrons. The number of amides is 2. The Labute approximate surface area is 217 Å². The Kier molecular flexibility index (Phi) is 10.2. The summed E-state index contributed by atoms with van der Waals surface area (Å²) in [6.07, 6.45) is 1.01. The lowest BCUT2D eigenvalue weighted by Gasteiger charge is -2.32. The number of nitrogens with one attached hydrogen (secondary N) is 1. The molecule has 0 spiro atoms. The Balaban J connectivity index is 2.50. The Hall–Kier alpha value is -2.49. The lowest BCUT2D eigenvalue weighted by molar-refractivity contribution is -0.139. The summed E-state index contributed by atoms with van der Waals surface area (Å²) < 4.78 is 32.0. The van der Waals surface area contributed by atoms with Gasteiger partial charge in [0.2, 0.25) is 21.8 Å². The van der Waals surface area contributed by atoms with Crippen LogP contribution in [0.15, 0.2) is 42.5 Å². The SMILES string of the molecule is CCOc1ccccc1N(CC(=O)N(Cc1c(Cl)cccc1Cl)C(C)C(=O)NC(C)C)S(C)(=O)=O. The summed E-state index contributed by atoms with van der Waals surface area (Å²) in [6, 6.07) is 10.4. The zero-order valence-electron chi connectivity index (χ0n) is 20.4. The second kappa shape index (κ2) is 12.5. The van der Waals surface area contributed by atoms with Crippen LogP contribution in [0.4, 0.5) is 5.69 Å². The Morgan fingerprint density at radius 1 is 1.03 bits per heavy atom. The van der Waals surface area contributed by atoms with E-state index in [1.54, 1.807) is 70.2 Å². The summed E-state index contributed by atoms with van der Waals surface area (Å²) in [6.45, 7) is 6.62. The summed E-state index contributed by atoms with van der Waals surface area (Å²) in [5.74, 6) is -0.680. The number of carbonyl (C=O) groups is 2. The van der Waals surface area contributed by atoms with Crippen LogP contribution in [0.2, 0.25) is 10.0 Å². The number of carbonyl (C=O) groups excluding carboxylic acids is 2. The molecule has 8 nitrogen and oxygen atoms in total. The van der Waals surface area contributed by atoms with E-state index in [0.717, 1.165) is 10.6 Å². The first-order chi connectivity index (χ1) is 16.4. The standard InChI is InChI=1S/C24H31Cl2N3O5S/c1-6-34-22-13-8-7-12-21(22)29(35(5,32)33)15-23(30)28(17(4)24(31)27-16(2)3)14-18-19(25)10-9-11-20(18)26/h7-13,16-17H,6,14-15H2,1-5H3,(H,27,31). The predicted octanol–water partition coefficient (Wildman–Crippen LogP) is 4.10. The second-order valence-corrected chi connectivity index (χ2v) is 11.0. The number of anilines is 1. The minimum Gasteiger partial charge on any atom is -0.492 e. The zero-order chi connectivity index (χ0) is 26.3. The fourth-order valence-electron chi connectivity index (χ4n) is 3.38. The number of rotatable bonds is 11. The molecular weight excluding hydrogens is 513 g/mol. The van der Waals surface area contributed by atoms with Crippen molar-refractivity contribution in [1.29, 1.82) is 0 Å². The van der Waals surface area contributed by atoms with Crippen LogP contribution in [0, 0.1) is 0 Å². The van der Waals surface area contributed by atoms with Gasteiger partial charge >= 0.3 is 0 Å². The Morgan fingerprint density at radius 3 is 2.17 bits per heavy atom. The van der Waals surface area contributed by atoms with Crippen LogP contribution in [0.25, 0.3) is 0 Å². The Bertz CT molecular complexity index is 1140. The highest BCUT2D eigenvalue weighted by Crippen LogP contribution is 2.31. The first-order valence-electron chi connectivity index (χ1n) is 11.1. The summed E-state index contributed by atoms with van der Waals surface area (Å²) in [5.41, 5.74) is 0.675. The quantitative estimate of drug-likeness (QED) is 0.460. The zero-order valence-corrected chi connectivity index (χ0v) is 22.7. The van der Waals surface area contributed by atoms with Gasteiger partial charge in [0.25, 0.3) is 0 Å². The maximum absolute atomic E-state index is 13.6. The van der Waals surface area contributed by atoms with Gasteiger partial charge < -0.3 is 15.0 Å². The smallest absolute Gasteiger partial charge is 0.244 e. The molecule has 2 amide bonds. The maximum atomic E-state index is 13.6. The van der Waals surface area contributed by atoms with Gasteiger partial charge in [-0.2, -0.15) is 0 Å². The predicted molar refractivity (Wildman–Crippen MR) is 140 cm³/mol. The molecule has 192 valence electrons. The molecule has 0 fully saturated rings. The molecule has 0 heterocycles. The fraction of sp³-hybridized carbons (Fsp3) is 0.417. The van der Waals surface area contributed by atoms with Crippen LogP contribution < -0.4 is 14.4 Å². The second-order valence-electron chi connectivity index (χ2n) is 8.23. The molecule has 1 N–H and O–H groups in total. The number of benzene rings is 2. The van der Waals surface area contributed by atoms with Gasteiger partial charge in [0.1, 0.15) is 18.3 Å². The van der Waals surface area contributed by atoms with E-state index in [1.807, 2.05) is 0 Å².